The average Bonchev–Trinajstić information content (AvgIpc) is 2.52. The predicted octanol–water partition coefficient (Wildman–Crippen LogP) is 2.97. The molecule has 3 N–H and O–H groups in total. The third-order valence-corrected chi connectivity index (χ3v) is 3.34. The second-order valence-electron chi connectivity index (χ2n) is 6.09. The molecule has 5 heteroatoms. The lowest BCUT2D eigenvalue weighted by molar-refractivity contribution is 0.0942. The van der Waals surface area contributed by atoms with Gasteiger partial charge in [0, 0.05) is 12.1 Å². The molecule has 2 rings (SSSR count). The van der Waals surface area contributed by atoms with Gasteiger partial charge in [-0.15, -0.1) is 0 Å². The van der Waals surface area contributed by atoms with Crippen molar-refractivity contribution in [3.63, 3.8) is 0 Å². The average molecular weight is 316 g/mol. The molecule has 0 aromatic heterocycles. The Balaban J connectivity index is 2.18. The molecule has 0 fully saturated rings. The van der Waals surface area contributed by atoms with Crippen LogP contribution in [0.15, 0.2) is 42.5 Å². The molecule has 0 aliphatic heterocycles. The van der Waals surface area contributed by atoms with Crippen LogP contribution >= 0.6 is 0 Å². The lowest BCUT2D eigenvalue weighted by Gasteiger charge is -2.19. The van der Waals surface area contributed by atoms with Gasteiger partial charge in [-0.25, -0.2) is 4.39 Å². The maximum atomic E-state index is 14.2. The molecule has 0 heterocycles. The Labute approximate surface area is 135 Å². The SMILES string of the molecule is COc1ccc(-c2ccc(C(=O)NCC(C)(C)N)c(F)c2)cc1. The number of methoxy groups -OCH3 is 1. The summed E-state index contributed by atoms with van der Waals surface area (Å²) in [5.41, 5.74) is 6.81. The lowest BCUT2D eigenvalue weighted by atomic mass is 10.0. The Kier molecular flexibility index (Phi) is 5.01. The maximum Gasteiger partial charge on any atom is 0.254 e. The molecular weight excluding hydrogens is 295 g/mol. The molecule has 0 unspecified atom stereocenters. The second kappa shape index (κ2) is 6.79. The number of benzene rings is 2. The number of rotatable bonds is 5. The normalized spacial score (nSPS) is 11.2. The molecule has 0 aliphatic carbocycles. The summed E-state index contributed by atoms with van der Waals surface area (Å²) in [5.74, 6) is -0.303. The minimum atomic E-state index is -0.564. The molecule has 0 aliphatic rings. The van der Waals surface area contributed by atoms with Crippen molar-refractivity contribution in [1.29, 1.82) is 0 Å². The summed E-state index contributed by atoms with van der Waals surface area (Å²) in [6, 6.07) is 11.8. The van der Waals surface area contributed by atoms with Gasteiger partial charge in [0.15, 0.2) is 0 Å². The van der Waals surface area contributed by atoms with Crippen LogP contribution in [0, 0.1) is 5.82 Å². The topological polar surface area (TPSA) is 64.3 Å². The number of carbonyl (C=O) groups is 1. The van der Waals surface area contributed by atoms with Crippen LogP contribution in [0.25, 0.3) is 11.1 Å². The Hall–Kier alpha value is -2.40. The van der Waals surface area contributed by atoms with E-state index in [4.69, 9.17) is 10.5 Å². The number of hydrogen-bond donors (Lipinski definition) is 2. The zero-order valence-electron chi connectivity index (χ0n) is 13.5. The molecule has 2 aromatic carbocycles. The van der Waals surface area contributed by atoms with Crippen LogP contribution in [0.5, 0.6) is 5.75 Å². The molecule has 2 aromatic rings. The molecule has 0 saturated carbocycles. The summed E-state index contributed by atoms with van der Waals surface area (Å²) in [6.45, 7) is 3.85. The van der Waals surface area contributed by atoms with Crippen LogP contribution in [-0.4, -0.2) is 25.1 Å². The highest BCUT2D eigenvalue weighted by Gasteiger charge is 2.16. The van der Waals surface area contributed by atoms with E-state index in [2.05, 4.69) is 5.32 Å². The van der Waals surface area contributed by atoms with E-state index >= 15 is 0 Å². The van der Waals surface area contributed by atoms with E-state index in [0.717, 1.165) is 11.3 Å². The molecule has 0 atom stereocenters. The lowest BCUT2D eigenvalue weighted by Crippen LogP contribution is -2.45. The fourth-order valence-corrected chi connectivity index (χ4v) is 2.07. The van der Waals surface area contributed by atoms with Crippen LogP contribution in [0.3, 0.4) is 0 Å². The van der Waals surface area contributed by atoms with Gasteiger partial charge in [-0.1, -0.05) is 18.2 Å². The van der Waals surface area contributed by atoms with E-state index < -0.39 is 17.3 Å². The summed E-state index contributed by atoms with van der Waals surface area (Å²) < 4.78 is 19.3. The summed E-state index contributed by atoms with van der Waals surface area (Å²) in [4.78, 5) is 12.0. The first-order valence-electron chi connectivity index (χ1n) is 7.31. The number of amides is 1. The monoisotopic (exact) mass is 316 g/mol. The van der Waals surface area contributed by atoms with Crippen molar-refractivity contribution in [2.24, 2.45) is 5.73 Å². The summed E-state index contributed by atoms with van der Waals surface area (Å²) >= 11 is 0. The third kappa shape index (κ3) is 4.53. The van der Waals surface area contributed by atoms with E-state index in [0.29, 0.717) is 5.56 Å². The first-order chi connectivity index (χ1) is 10.8. The molecule has 0 saturated heterocycles. The van der Waals surface area contributed by atoms with Gasteiger partial charge >= 0.3 is 0 Å². The van der Waals surface area contributed by atoms with Gasteiger partial charge in [0.2, 0.25) is 0 Å². The van der Waals surface area contributed by atoms with Crippen molar-refractivity contribution < 1.29 is 13.9 Å². The summed E-state index contributed by atoms with van der Waals surface area (Å²) in [7, 11) is 1.59. The molecule has 1 amide bonds. The van der Waals surface area contributed by atoms with Crippen LogP contribution in [-0.2, 0) is 0 Å². The third-order valence-electron chi connectivity index (χ3n) is 3.34. The quantitative estimate of drug-likeness (QED) is 0.891. The van der Waals surface area contributed by atoms with Gasteiger partial charge in [-0.05, 0) is 49.2 Å². The minimum Gasteiger partial charge on any atom is -0.497 e. The van der Waals surface area contributed by atoms with Crippen LogP contribution in [0.1, 0.15) is 24.2 Å². The first-order valence-corrected chi connectivity index (χ1v) is 7.31. The number of hydrogen-bond acceptors (Lipinski definition) is 3. The fraction of sp³-hybridized carbons (Fsp3) is 0.278. The smallest absolute Gasteiger partial charge is 0.254 e. The molecule has 0 bridgehead atoms. The van der Waals surface area contributed by atoms with Crippen LogP contribution in [0.4, 0.5) is 4.39 Å². The molecular formula is C18H21FN2O2. The minimum absolute atomic E-state index is 0.00603. The molecule has 0 radical (unpaired) electrons. The highest BCUT2D eigenvalue weighted by molar-refractivity contribution is 5.95. The van der Waals surface area contributed by atoms with Gasteiger partial charge in [-0.3, -0.25) is 4.79 Å². The van der Waals surface area contributed by atoms with Crippen molar-refractivity contribution >= 4 is 5.91 Å². The fourth-order valence-electron chi connectivity index (χ4n) is 2.07. The highest BCUT2D eigenvalue weighted by atomic mass is 19.1. The van der Waals surface area contributed by atoms with Crippen molar-refractivity contribution in [1.82, 2.24) is 5.32 Å². The van der Waals surface area contributed by atoms with E-state index in [-0.39, 0.29) is 12.1 Å². The van der Waals surface area contributed by atoms with Crippen molar-refractivity contribution in [3.05, 3.63) is 53.8 Å². The van der Waals surface area contributed by atoms with Gasteiger partial charge in [0.05, 0.1) is 12.7 Å². The maximum absolute atomic E-state index is 14.2. The molecule has 4 nitrogen and oxygen atoms in total. The first kappa shape index (κ1) is 17.0. The number of carbonyl (C=O) groups excluding carboxylic acids is 1. The zero-order valence-corrected chi connectivity index (χ0v) is 13.5. The van der Waals surface area contributed by atoms with Crippen molar-refractivity contribution in [2.75, 3.05) is 13.7 Å². The second-order valence-corrected chi connectivity index (χ2v) is 6.09. The van der Waals surface area contributed by atoms with E-state index in [9.17, 15) is 9.18 Å². The van der Waals surface area contributed by atoms with E-state index in [1.165, 1.54) is 12.1 Å². The number of nitrogens with one attached hydrogen (secondary N) is 1. The summed E-state index contributed by atoms with van der Waals surface area (Å²) in [5, 5.41) is 2.63. The standard InChI is InChI=1S/C18H21FN2O2/c1-18(2,20)11-21-17(22)15-9-6-13(10-16(15)19)12-4-7-14(23-3)8-5-12/h4-10H,11,20H2,1-3H3,(H,21,22). The van der Waals surface area contributed by atoms with Gasteiger partial charge in [0.25, 0.3) is 5.91 Å². The summed E-state index contributed by atoms with van der Waals surface area (Å²) in [6.07, 6.45) is 0. The van der Waals surface area contributed by atoms with Gasteiger partial charge in [0.1, 0.15) is 11.6 Å². The number of ether oxygens (including phenoxy) is 1. The molecule has 23 heavy (non-hydrogen) atoms. The predicted molar refractivity (Wildman–Crippen MR) is 89.0 cm³/mol. The van der Waals surface area contributed by atoms with Crippen molar-refractivity contribution in [3.8, 4) is 16.9 Å². The molecule has 122 valence electrons. The molecule has 0 spiro atoms. The van der Waals surface area contributed by atoms with Crippen molar-refractivity contribution in [2.45, 2.75) is 19.4 Å². The Bertz CT molecular complexity index is 691. The largest absolute Gasteiger partial charge is 0.497 e. The Morgan fingerprint density at radius 1 is 1.17 bits per heavy atom. The van der Waals surface area contributed by atoms with Crippen LogP contribution in [0.2, 0.25) is 0 Å². The van der Waals surface area contributed by atoms with Gasteiger partial charge in [-0.2, -0.15) is 0 Å². The Morgan fingerprint density at radius 2 is 1.78 bits per heavy atom. The number of nitrogens with two attached hydrogens (primary N) is 1. The highest BCUT2D eigenvalue weighted by Crippen LogP contribution is 2.24. The van der Waals surface area contributed by atoms with E-state index in [1.807, 2.05) is 12.1 Å². The van der Waals surface area contributed by atoms with E-state index in [1.54, 1.807) is 39.2 Å². The van der Waals surface area contributed by atoms with Gasteiger partial charge < -0.3 is 15.8 Å². The number of halogens is 1. The van der Waals surface area contributed by atoms with Crippen LogP contribution < -0.4 is 15.8 Å². The Morgan fingerprint density at radius 3 is 2.30 bits per heavy atom. The zero-order chi connectivity index (χ0) is 17.0.